The van der Waals surface area contributed by atoms with Crippen molar-refractivity contribution in [2.75, 3.05) is 22.3 Å². The third kappa shape index (κ3) is 6.41. The number of halogens is 1. The first-order valence-electron chi connectivity index (χ1n) is 7.98. The Hall–Kier alpha value is -2.52. The fourth-order valence-electron chi connectivity index (χ4n) is 2.11. The standard InChI is InChI=1S/C17H21FN4O3S/c1-3-26(24,25)11-19-9-13-6-14(18)8-16(7-13)22-17(23)21-15-5-4-12(2)20-10-15/h4-8,10,19H,3,9,11H2,1-2H3,(H2,21,22,23). The summed E-state index contributed by atoms with van der Waals surface area (Å²) < 4.78 is 36.7. The molecule has 2 rings (SSSR count). The summed E-state index contributed by atoms with van der Waals surface area (Å²) in [6, 6.07) is 6.95. The zero-order valence-corrected chi connectivity index (χ0v) is 15.4. The van der Waals surface area contributed by atoms with Crippen LogP contribution in [0.25, 0.3) is 0 Å². The lowest BCUT2D eigenvalue weighted by molar-refractivity contribution is 0.262. The third-order valence-corrected chi connectivity index (χ3v) is 5.00. The Bertz CT molecular complexity index is 870. The number of anilines is 2. The van der Waals surface area contributed by atoms with Crippen LogP contribution in [0, 0.1) is 12.7 Å². The Morgan fingerprint density at radius 2 is 1.88 bits per heavy atom. The molecule has 0 saturated heterocycles. The molecule has 1 aromatic heterocycles. The quantitative estimate of drug-likeness (QED) is 0.686. The van der Waals surface area contributed by atoms with E-state index < -0.39 is 21.7 Å². The summed E-state index contributed by atoms with van der Waals surface area (Å²) >= 11 is 0. The molecule has 0 bridgehead atoms. The molecule has 1 aromatic carbocycles. The molecular weight excluding hydrogens is 359 g/mol. The lowest BCUT2D eigenvalue weighted by Gasteiger charge is -2.10. The van der Waals surface area contributed by atoms with Crippen LogP contribution in [-0.4, -0.2) is 31.1 Å². The third-order valence-electron chi connectivity index (χ3n) is 3.48. The van der Waals surface area contributed by atoms with Crippen molar-refractivity contribution < 1.29 is 17.6 Å². The summed E-state index contributed by atoms with van der Waals surface area (Å²) in [4.78, 5) is 16.1. The smallest absolute Gasteiger partial charge is 0.308 e. The molecule has 2 amide bonds. The van der Waals surface area contributed by atoms with Crippen molar-refractivity contribution >= 4 is 27.2 Å². The largest absolute Gasteiger partial charge is 0.323 e. The van der Waals surface area contributed by atoms with Crippen molar-refractivity contribution in [2.24, 2.45) is 0 Å². The molecule has 0 spiro atoms. The van der Waals surface area contributed by atoms with Crippen molar-refractivity contribution in [3.05, 3.63) is 53.6 Å². The van der Waals surface area contributed by atoms with E-state index in [-0.39, 0.29) is 23.9 Å². The van der Waals surface area contributed by atoms with E-state index in [1.165, 1.54) is 18.3 Å². The molecular formula is C17H21FN4O3S. The minimum Gasteiger partial charge on any atom is -0.308 e. The summed E-state index contributed by atoms with van der Waals surface area (Å²) in [6.07, 6.45) is 1.52. The van der Waals surface area contributed by atoms with Gasteiger partial charge in [-0.15, -0.1) is 0 Å². The topological polar surface area (TPSA) is 100 Å². The number of sulfone groups is 1. The number of aryl methyl sites for hydroxylation is 1. The van der Waals surface area contributed by atoms with Gasteiger partial charge in [-0.3, -0.25) is 10.3 Å². The molecule has 3 N–H and O–H groups in total. The molecule has 0 fully saturated rings. The number of nitrogens with zero attached hydrogens (tertiary/aromatic N) is 1. The second-order valence-corrected chi connectivity index (χ2v) is 8.07. The molecule has 2 aromatic rings. The monoisotopic (exact) mass is 380 g/mol. The maximum absolute atomic E-state index is 13.7. The van der Waals surface area contributed by atoms with Crippen LogP contribution in [0.4, 0.5) is 20.6 Å². The highest BCUT2D eigenvalue weighted by atomic mass is 32.2. The number of carbonyl (C=O) groups is 1. The Kier molecular flexibility index (Phi) is 6.64. The van der Waals surface area contributed by atoms with Gasteiger partial charge in [0.25, 0.3) is 0 Å². The van der Waals surface area contributed by atoms with Crippen LogP contribution < -0.4 is 16.0 Å². The molecule has 0 radical (unpaired) electrons. The van der Waals surface area contributed by atoms with Gasteiger partial charge in [-0.2, -0.15) is 0 Å². The van der Waals surface area contributed by atoms with Gasteiger partial charge in [-0.25, -0.2) is 17.6 Å². The highest BCUT2D eigenvalue weighted by Crippen LogP contribution is 2.15. The highest BCUT2D eigenvalue weighted by Gasteiger charge is 2.09. The predicted molar refractivity (Wildman–Crippen MR) is 99.2 cm³/mol. The fraction of sp³-hybridized carbons (Fsp3) is 0.294. The fourth-order valence-corrected chi connectivity index (χ4v) is 2.73. The first-order chi connectivity index (χ1) is 12.3. The molecule has 0 atom stereocenters. The number of urea groups is 1. The van der Waals surface area contributed by atoms with E-state index in [0.29, 0.717) is 11.3 Å². The number of benzene rings is 1. The van der Waals surface area contributed by atoms with Gasteiger partial charge in [0.05, 0.1) is 17.8 Å². The van der Waals surface area contributed by atoms with Crippen LogP contribution in [0.15, 0.2) is 36.5 Å². The van der Waals surface area contributed by atoms with Gasteiger partial charge < -0.3 is 10.6 Å². The van der Waals surface area contributed by atoms with E-state index in [0.717, 1.165) is 5.69 Å². The summed E-state index contributed by atoms with van der Waals surface area (Å²) in [5.41, 5.74) is 2.11. The van der Waals surface area contributed by atoms with Crippen LogP contribution in [0.1, 0.15) is 18.2 Å². The molecule has 26 heavy (non-hydrogen) atoms. The van der Waals surface area contributed by atoms with Crippen LogP contribution >= 0.6 is 0 Å². The Morgan fingerprint density at radius 1 is 1.15 bits per heavy atom. The number of hydrogen-bond donors (Lipinski definition) is 3. The first kappa shape index (κ1) is 19.8. The lowest BCUT2D eigenvalue weighted by Crippen LogP contribution is -2.24. The molecule has 9 heteroatoms. The minimum absolute atomic E-state index is 0.0317. The maximum Gasteiger partial charge on any atom is 0.323 e. The van der Waals surface area contributed by atoms with E-state index in [1.54, 1.807) is 25.1 Å². The summed E-state index contributed by atoms with van der Waals surface area (Å²) in [5.74, 6) is -0.691. The van der Waals surface area contributed by atoms with Crippen molar-refractivity contribution in [3.63, 3.8) is 0 Å². The summed E-state index contributed by atoms with van der Waals surface area (Å²) in [5, 5.41) is 7.89. The summed E-state index contributed by atoms with van der Waals surface area (Å²) in [6.45, 7) is 3.55. The van der Waals surface area contributed by atoms with Crippen LogP contribution in [-0.2, 0) is 16.4 Å². The van der Waals surface area contributed by atoms with Crippen molar-refractivity contribution in [3.8, 4) is 0 Å². The predicted octanol–water partition coefficient (Wildman–Crippen LogP) is 2.65. The maximum atomic E-state index is 13.7. The molecule has 0 saturated carbocycles. The lowest BCUT2D eigenvalue weighted by atomic mass is 10.2. The molecule has 140 valence electrons. The molecule has 0 aliphatic carbocycles. The first-order valence-corrected chi connectivity index (χ1v) is 9.81. The molecule has 7 nitrogen and oxygen atoms in total. The van der Waals surface area contributed by atoms with E-state index in [1.807, 2.05) is 6.92 Å². The van der Waals surface area contributed by atoms with Crippen molar-refractivity contribution in [1.82, 2.24) is 10.3 Å². The number of hydrogen-bond acceptors (Lipinski definition) is 5. The second-order valence-electron chi connectivity index (χ2n) is 5.72. The van der Waals surface area contributed by atoms with E-state index in [4.69, 9.17) is 0 Å². The SMILES string of the molecule is CCS(=O)(=O)CNCc1cc(F)cc(NC(=O)Nc2ccc(C)nc2)c1. The molecule has 0 aliphatic rings. The normalized spacial score (nSPS) is 11.2. The van der Waals surface area contributed by atoms with Crippen molar-refractivity contribution in [1.29, 1.82) is 0 Å². The van der Waals surface area contributed by atoms with Gasteiger partial charge in [0.15, 0.2) is 9.84 Å². The zero-order chi connectivity index (χ0) is 19.2. The number of nitrogens with one attached hydrogen (secondary N) is 3. The number of aromatic nitrogens is 1. The van der Waals surface area contributed by atoms with Crippen molar-refractivity contribution in [2.45, 2.75) is 20.4 Å². The van der Waals surface area contributed by atoms with Crippen LogP contribution in [0.2, 0.25) is 0 Å². The second kappa shape index (κ2) is 8.72. The minimum atomic E-state index is -3.16. The number of amides is 2. The van der Waals surface area contributed by atoms with E-state index >= 15 is 0 Å². The van der Waals surface area contributed by atoms with Gasteiger partial charge in [-0.1, -0.05) is 6.92 Å². The van der Waals surface area contributed by atoms with Gasteiger partial charge in [0.2, 0.25) is 0 Å². The summed E-state index contributed by atoms with van der Waals surface area (Å²) in [7, 11) is -3.16. The van der Waals surface area contributed by atoms with E-state index in [2.05, 4.69) is 20.9 Å². The Morgan fingerprint density at radius 3 is 2.54 bits per heavy atom. The molecule has 1 heterocycles. The van der Waals surface area contributed by atoms with Crippen LogP contribution in [0.3, 0.4) is 0 Å². The van der Waals surface area contributed by atoms with Gasteiger partial charge in [-0.05, 0) is 42.8 Å². The molecule has 0 unspecified atom stereocenters. The average molecular weight is 380 g/mol. The zero-order valence-electron chi connectivity index (χ0n) is 14.5. The van der Waals surface area contributed by atoms with Gasteiger partial charge >= 0.3 is 6.03 Å². The van der Waals surface area contributed by atoms with E-state index in [9.17, 15) is 17.6 Å². The molecule has 0 aliphatic heterocycles. The van der Waals surface area contributed by atoms with Gasteiger partial charge in [0, 0.05) is 23.7 Å². The Labute approximate surface area is 151 Å². The Balaban J connectivity index is 1.97. The number of rotatable bonds is 7. The number of carbonyl (C=O) groups excluding carboxylic acids is 1. The highest BCUT2D eigenvalue weighted by molar-refractivity contribution is 7.91. The average Bonchev–Trinajstić information content (AvgIpc) is 2.56. The van der Waals surface area contributed by atoms with Crippen LogP contribution in [0.5, 0.6) is 0 Å². The van der Waals surface area contributed by atoms with Gasteiger partial charge in [0.1, 0.15) is 5.82 Å². The number of pyridine rings is 1.